The maximum Gasteiger partial charge on any atom is 0.220 e. The largest absolute Gasteiger partial charge is 0.397 e. The Balaban J connectivity index is 2.40. The van der Waals surface area contributed by atoms with Crippen molar-refractivity contribution in [3.8, 4) is 0 Å². The van der Waals surface area contributed by atoms with Gasteiger partial charge in [-0.05, 0) is 12.5 Å². The Morgan fingerprint density at radius 2 is 2.29 bits per heavy atom. The van der Waals surface area contributed by atoms with Gasteiger partial charge in [-0.15, -0.1) is 0 Å². The van der Waals surface area contributed by atoms with Crippen molar-refractivity contribution in [1.82, 2.24) is 9.88 Å². The number of carbonyl (C=O) groups is 1. The summed E-state index contributed by atoms with van der Waals surface area (Å²) < 4.78 is 0. The normalized spacial score (nSPS) is 14.3. The predicted molar refractivity (Wildman–Crippen MR) is 53.3 cm³/mol. The highest BCUT2D eigenvalue weighted by Gasteiger charge is 2.23. The van der Waals surface area contributed by atoms with Crippen LogP contribution in [-0.4, -0.2) is 15.8 Å². The molecule has 0 spiro atoms. The minimum atomic E-state index is 0.0817. The highest BCUT2D eigenvalue weighted by molar-refractivity contribution is 5.75. The fourth-order valence-electron chi connectivity index (χ4n) is 1.71. The third-order valence-electron chi connectivity index (χ3n) is 2.67. The molecule has 0 bridgehead atoms. The van der Waals surface area contributed by atoms with Crippen LogP contribution in [0.4, 0.5) is 5.69 Å². The molecular formula is C10H13N3O. The molecule has 0 radical (unpaired) electrons. The van der Waals surface area contributed by atoms with Crippen molar-refractivity contribution in [3.05, 3.63) is 23.0 Å². The number of anilines is 1. The van der Waals surface area contributed by atoms with Gasteiger partial charge in [0.1, 0.15) is 0 Å². The molecule has 2 N–H and O–H groups in total. The smallest absolute Gasteiger partial charge is 0.220 e. The molecule has 1 amide bonds. The zero-order valence-corrected chi connectivity index (χ0v) is 8.37. The van der Waals surface area contributed by atoms with Gasteiger partial charge in [0.2, 0.25) is 5.91 Å². The lowest BCUT2D eigenvalue weighted by molar-refractivity contribution is -0.129. The Labute approximate surface area is 82.7 Å². The van der Waals surface area contributed by atoms with Gasteiger partial charge in [0.05, 0.1) is 11.4 Å². The van der Waals surface area contributed by atoms with E-state index in [1.54, 1.807) is 11.8 Å². The Morgan fingerprint density at radius 1 is 1.57 bits per heavy atom. The second-order valence-corrected chi connectivity index (χ2v) is 3.64. The van der Waals surface area contributed by atoms with Gasteiger partial charge in [0, 0.05) is 31.8 Å². The van der Waals surface area contributed by atoms with Gasteiger partial charge in [-0.1, -0.05) is 0 Å². The standard InChI is InChI=1S/C10H13N3O/c1-6-10(11)9-5-13(7(2)14)4-8(9)3-12-6/h3H,4-5,11H2,1-2H3. The van der Waals surface area contributed by atoms with Crippen molar-refractivity contribution in [2.45, 2.75) is 26.9 Å². The van der Waals surface area contributed by atoms with Crippen LogP contribution < -0.4 is 5.73 Å². The van der Waals surface area contributed by atoms with Crippen molar-refractivity contribution in [2.24, 2.45) is 0 Å². The van der Waals surface area contributed by atoms with Crippen LogP contribution in [-0.2, 0) is 17.9 Å². The molecule has 1 aromatic heterocycles. The number of nitrogens with two attached hydrogens (primary N) is 1. The van der Waals surface area contributed by atoms with Crippen LogP contribution in [0.15, 0.2) is 6.20 Å². The van der Waals surface area contributed by atoms with Crippen molar-refractivity contribution >= 4 is 11.6 Å². The van der Waals surface area contributed by atoms with Crippen LogP contribution in [0.25, 0.3) is 0 Å². The summed E-state index contributed by atoms with van der Waals surface area (Å²) in [6, 6.07) is 0. The summed E-state index contributed by atoms with van der Waals surface area (Å²) in [4.78, 5) is 17.1. The van der Waals surface area contributed by atoms with Crippen LogP contribution in [0.5, 0.6) is 0 Å². The van der Waals surface area contributed by atoms with Crippen LogP contribution in [0, 0.1) is 6.92 Å². The average molecular weight is 191 g/mol. The third kappa shape index (κ3) is 1.23. The SMILES string of the molecule is CC(=O)N1Cc2cnc(C)c(N)c2C1. The average Bonchev–Trinajstić information content (AvgIpc) is 2.56. The zero-order chi connectivity index (χ0) is 10.3. The summed E-state index contributed by atoms with van der Waals surface area (Å²) in [5.41, 5.74) is 9.60. The Kier molecular flexibility index (Phi) is 1.91. The summed E-state index contributed by atoms with van der Waals surface area (Å²) in [6.45, 7) is 4.72. The van der Waals surface area contributed by atoms with Crippen molar-refractivity contribution < 1.29 is 4.79 Å². The fraction of sp³-hybridized carbons (Fsp3) is 0.400. The molecule has 4 heteroatoms. The fourth-order valence-corrected chi connectivity index (χ4v) is 1.71. The molecule has 1 aliphatic heterocycles. The minimum Gasteiger partial charge on any atom is -0.397 e. The Bertz CT molecular complexity index is 401. The van der Waals surface area contributed by atoms with Crippen molar-refractivity contribution in [1.29, 1.82) is 0 Å². The van der Waals surface area contributed by atoms with Gasteiger partial charge >= 0.3 is 0 Å². The van der Waals surface area contributed by atoms with E-state index in [2.05, 4.69) is 4.98 Å². The molecule has 2 rings (SSSR count). The first-order valence-electron chi connectivity index (χ1n) is 4.58. The molecule has 0 unspecified atom stereocenters. The first-order valence-corrected chi connectivity index (χ1v) is 4.58. The number of nitrogens with zero attached hydrogens (tertiary/aromatic N) is 2. The van der Waals surface area contributed by atoms with Crippen molar-refractivity contribution in [3.63, 3.8) is 0 Å². The van der Waals surface area contributed by atoms with Crippen LogP contribution >= 0.6 is 0 Å². The lowest BCUT2D eigenvalue weighted by Gasteiger charge is -2.11. The molecule has 0 saturated heterocycles. The number of hydrogen-bond donors (Lipinski definition) is 1. The number of aryl methyl sites for hydroxylation is 1. The Hall–Kier alpha value is -1.58. The van der Waals surface area contributed by atoms with E-state index in [4.69, 9.17) is 5.73 Å². The van der Waals surface area contributed by atoms with E-state index < -0.39 is 0 Å². The number of fused-ring (bicyclic) bond motifs is 1. The predicted octanol–water partition coefficient (Wildman–Crippen LogP) is 0.834. The molecule has 74 valence electrons. The molecule has 14 heavy (non-hydrogen) atoms. The van der Waals surface area contributed by atoms with Gasteiger partial charge < -0.3 is 10.6 Å². The molecular weight excluding hydrogens is 178 g/mol. The van der Waals surface area contributed by atoms with Gasteiger partial charge in [0.25, 0.3) is 0 Å². The number of carbonyl (C=O) groups excluding carboxylic acids is 1. The lowest BCUT2D eigenvalue weighted by Crippen LogP contribution is -2.21. The highest BCUT2D eigenvalue weighted by Crippen LogP contribution is 2.28. The van der Waals surface area contributed by atoms with Gasteiger partial charge in [0.15, 0.2) is 0 Å². The van der Waals surface area contributed by atoms with E-state index in [0.29, 0.717) is 13.1 Å². The van der Waals surface area contributed by atoms with Gasteiger partial charge in [-0.3, -0.25) is 9.78 Å². The first kappa shape index (κ1) is 8.99. The monoisotopic (exact) mass is 191 g/mol. The Morgan fingerprint density at radius 3 is 2.93 bits per heavy atom. The minimum absolute atomic E-state index is 0.0817. The molecule has 4 nitrogen and oxygen atoms in total. The topological polar surface area (TPSA) is 59.2 Å². The molecule has 1 aliphatic rings. The first-order chi connectivity index (χ1) is 6.59. The molecule has 0 saturated carbocycles. The zero-order valence-electron chi connectivity index (χ0n) is 8.37. The summed E-state index contributed by atoms with van der Waals surface area (Å²) in [6.07, 6.45) is 1.81. The molecule has 0 fully saturated rings. The lowest BCUT2D eigenvalue weighted by atomic mass is 10.1. The van der Waals surface area contributed by atoms with E-state index in [9.17, 15) is 4.79 Å². The van der Waals surface area contributed by atoms with E-state index in [-0.39, 0.29) is 5.91 Å². The molecule has 2 heterocycles. The molecule has 0 aromatic carbocycles. The summed E-state index contributed by atoms with van der Waals surface area (Å²) in [5, 5.41) is 0. The third-order valence-corrected chi connectivity index (χ3v) is 2.67. The molecule has 0 aliphatic carbocycles. The van der Waals surface area contributed by atoms with E-state index in [1.807, 2.05) is 13.1 Å². The van der Waals surface area contributed by atoms with Gasteiger partial charge in [-0.25, -0.2) is 0 Å². The highest BCUT2D eigenvalue weighted by atomic mass is 16.2. The second-order valence-electron chi connectivity index (χ2n) is 3.64. The quantitative estimate of drug-likeness (QED) is 0.661. The summed E-state index contributed by atoms with van der Waals surface area (Å²) in [7, 11) is 0. The maximum absolute atomic E-state index is 11.2. The molecule has 1 aromatic rings. The molecule has 0 atom stereocenters. The number of nitrogen functional groups attached to an aromatic ring is 1. The van der Waals surface area contributed by atoms with Crippen LogP contribution in [0.3, 0.4) is 0 Å². The summed E-state index contributed by atoms with van der Waals surface area (Å²) in [5.74, 6) is 0.0817. The van der Waals surface area contributed by atoms with Crippen molar-refractivity contribution in [2.75, 3.05) is 5.73 Å². The van der Waals surface area contributed by atoms with Crippen LogP contribution in [0.1, 0.15) is 23.7 Å². The number of amides is 1. The van der Waals surface area contributed by atoms with Gasteiger partial charge in [-0.2, -0.15) is 0 Å². The summed E-state index contributed by atoms with van der Waals surface area (Å²) >= 11 is 0. The number of hydrogen-bond acceptors (Lipinski definition) is 3. The second kappa shape index (κ2) is 2.97. The maximum atomic E-state index is 11.2. The number of aromatic nitrogens is 1. The van der Waals surface area contributed by atoms with E-state index in [0.717, 1.165) is 22.5 Å². The van der Waals surface area contributed by atoms with E-state index >= 15 is 0 Å². The number of pyridine rings is 1. The number of rotatable bonds is 0. The van der Waals surface area contributed by atoms with Crippen LogP contribution in [0.2, 0.25) is 0 Å². The van der Waals surface area contributed by atoms with E-state index in [1.165, 1.54) is 0 Å².